The Morgan fingerprint density at radius 1 is 0.853 bits per heavy atom. The molecule has 0 aliphatic rings. The fraction of sp³-hybridized carbons (Fsp3) is 0. The van der Waals surface area contributed by atoms with Crippen molar-refractivity contribution in [3.63, 3.8) is 0 Å². The van der Waals surface area contributed by atoms with Crippen LogP contribution in [0.2, 0.25) is 5.15 Å². The first-order valence-corrected chi connectivity index (χ1v) is 11.7. The van der Waals surface area contributed by atoms with Crippen LogP contribution < -0.4 is 4.72 Å². The lowest BCUT2D eigenvalue weighted by Crippen LogP contribution is -2.15. The summed E-state index contributed by atoms with van der Waals surface area (Å²) in [5, 5.41) is 9.25. The summed E-state index contributed by atoms with van der Waals surface area (Å²) < 4.78 is 41.6. The van der Waals surface area contributed by atoms with Gasteiger partial charge in [-0.15, -0.1) is 10.2 Å². The minimum atomic E-state index is -4.27. The van der Waals surface area contributed by atoms with E-state index in [1.54, 1.807) is 18.5 Å². The normalized spacial score (nSPS) is 11.5. The van der Waals surface area contributed by atoms with Gasteiger partial charge in [0.25, 0.3) is 10.0 Å². The van der Waals surface area contributed by atoms with Crippen molar-refractivity contribution in [1.29, 1.82) is 0 Å². The number of aromatic nitrogens is 5. The maximum absolute atomic E-state index is 14.0. The van der Waals surface area contributed by atoms with Gasteiger partial charge in [-0.1, -0.05) is 17.7 Å². The fourth-order valence-corrected chi connectivity index (χ4v) is 4.60. The molecule has 1 N–H and O–H groups in total. The third kappa shape index (κ3) is 4.28. The molecule has 0 atom stereocenters. The number of benzene rings is 1. The van der Waals surface area contributed by atoms with Crippen molar-refractivity contribution in [2.75, 3.05) is 4.72 Å². The van der Waals surface area contributed by atoms with E-state index in [4.69, 9.17) is 11.6 Å². The minimum Gasteiger partial charge on any atom is -0.276 e. The summed E-state index contributed by atoms with van der Waals surface area (Å²) in [6, 6.07) is 13.6. The first-order chi connectivity index (χ1) is 16.4. The van der Waals surface area contributed by atoms with Crippen LogP contribution in [-0.2, 0) is 10.0 Å². The van der Waals surface area contributed by atoms with Gasteiger partial charge in [0.1, 0.15) is 10.7 Å². The van der Waals surface area contributed by atoms with Crippen LogP contribution in [0.15, 0.2) is 84.4 Å². The molecule has 8 nitrogen and oxygen atoms in total. The van der Waals surface area contributed by atoms with Crippen LogP contribution in [0, 0.1) is 5.82 Å². The average Bonchev–Trinajstić information content (AvgIpc) is 2.85. The van der Waals surface area contributed by atoms with Crippen LogP contribution in [0.25, 0.3) is 33.3 Å². The van der Waals surface area contributed by atoms with Crippen LogP contribution >= 0.6 is 11.6 Å². The number of halogens is 2. The van der Waals surface area contributed by atoms with Crippen molar-refractivity contribution in [2.24, 2.45) is 0 Å². The van der Waals surface area contributed by atoms with Gasteiger partial charge in [-0.2, -0.15) is 0 Å². The molecule has 0 fully saturated rings. The van der Waals surface area contributed by atoms with Crippen LogP contribution in [0.1, 0.15) is 0 Å². The molecule has 4 heterocycles. The second-order valence-corrected chi connectivity index (χ2v) is 9.23. The predicted molar refractivity (Wildman–Crippen MR) is 126 cm³/mol. The lowest BCUT2D eigenvalue weighted by Gasteiger charge is -2.11. The summed E-state index contributed by atoms with van der Waals surface area (Å²) in [7, 11) is -4.27. The number of rotatable bonds is 5. The van der Waals surface area contributed by atoms with Crippen LogP contribution in [0.4, 0.5) is 10.1 Å². The topological polar surface area (TPSA) is 111 Å². The molecule has 0 amide bonds. The SMILES string of the molecule is O=S(=O)(Nc1cc(-c2ccc3nnc(-c4cccnc4)cc3c2)cnc1Cl)c1cnccc1F. The Kier molecular flexibility index (Phi) is 5.60. The quantitative estimate of drug-likeness (QED) is 0.353. The summed E-state index contributed by atoms with van der Waals surface area (Å²) in [6.07, 6.45) is 6.98. The van der Waals surface area contributed by atoms with Crippen LogP contribution in [0.5, 0.6) is 0 Å². The third-order valence-electron chi connectivity index (χ3n) is 4.98. The summed E-state index contributed by atoms with van der Waals surface area (Å²) in [6.45, 7) is 0. The highest BCUT2D eigenvalue weighted by Crippen LogP contribution is 2.31. The van der Waals surface area contributed by atoms with E-state index in [1.807, 2.05) is 30.3 Å². The number of fused-ring (bicyclic) bond motifs is 1. The zero-order chi connectivity index (χ0) is 23.7. The Hall–Kier alpha value is -4.02. The van der Waals surface area contributed by atoms with E-state index >= 15 is 0 Å². The van der Waals surface area contributed by atoms with E-state index in [1.165, 1.54) is 12.3 Å². The molecule has 1 aromatic carbocycles. The second-order valence-electron chi connectivity index (χ2n) is 7.22. The molecule has 5 aromatic rings. The molecule has 0 radical (unpaired) electrons. The van der Waals surface area contributed by atoms with Gasteiger partial charge in [-0.25, -0.2) is 17.8 Å². The van der Waals surface area contributed by atoms with E-state index < -0.39 is 20.7 Å². The molecule has 168 valence electrons. The highest BCUT2D eigenvalue weighted by Gasteiger charge is 2.21. The number of pyridine rings is 3. The molecule has 34 heavy (non-hydrogen) atoms. The largest absolute Gasteiger partial charge is 0.276 e. The Morgan fingerprint density at radius 2 is 1.71 bits per heavy atom. The number of hydrogen-bond acceptors (Lipinski definition) is 7. The predicted octanol–water partition coefficient (Wildman–Crippen LogP) is 4.74. The van der Waals surface area contributed by atoms with E-state index in [-0.39, 0.29) is 10.8 Å². The molecule has 0 unspecified atom stereocenters. The first-order valence-electron chi connectivity index (χ1n) is 9.87. The van der Waals surface area contributed by atoms with Gasteiger partial charge >= 0.3 is 0 Å². The summed E-state index contributed by atoms with van der Waals surface area (Å²) in [4.78, 5) is 11.3. The highest BCUT2D eigenvalue weighted by atomic mass is 35.5. The number of anilines is 1. The molecule has 0 saturated heterocycles. The molecular weight excluding hydrogens is 479 g/mol. The third-order valence-corrected chi connectivity index (χ3v) is 6.65. The lowest BCUT2D eigenvalue weighted by atomic mass is 10.0. The van der Waals surface area contributed by atoms with Crippen LogP contribution in [-0.4, -0.2) is 33.6 Å². The standard InChI is InChI=1S/C23H14ClFN6O2S/c24-23-21(31-34(32,33)22-13-27-7-5-18(22)25)10-17(12-28-23)14-3-4-19-16(8-14)9-20(30-29-19)15-2-1-6-26-11-15/h1-13,31H. The Morgan fingerprint density at radius 3 is 2.50 bits per heavy atom. The van der Waals surface area contributed by atoms with Gasteiger partial charge in [-0.3, -0.25) is 14.7 Å². The van der Waals surface area contributed by atoms with Gasteiger partial charge in [0.15, 0.2) is 5.15 Å². The number of nitrogens with one attached hydrogen (secondary N) is 1. The molecule has 11 heteroatoms. The summed E-state index contributed by atoms with van der Waals surface area (Å²) in [5.74, 6) is -0.928. The maximum atomic E-state index is 14.0. The zero-order valence-corrected chi connectivity index (χ0v) is 18.8. The Bertz CT molecular complexity index is 1630. The van der Waals surface area contributed by atoms with Crippen molar-refractivity contribution < 1.29 is 12.8 Å². The summed E-state index contributed by atoms with van der Waals surface area (Å²) in [5.41, 5.74) is 3.52. The number of sulfonamides is 1. The lowest BCUT2D eigenvalue weighted by molar-refractivity contribution is 0.567. The van der Waals surface area contributed by atoms with E-state index in [0.29, 0.717) is 16.8 Å². The maximum Gasteiger partial charge on any atom is 0.266 e. The van der Waals surface area contributed by atoms with Gasteiger partial charge < -0.3 is 0 Å². The number of hydrogen-bond donors (Lipinski definition) is 1. The molecule has 0 aliphatic heterocycles. The molecular formula is C23H14ClFN6O2S. The van der Waals surface area contributed by atoms with Crippen molar-refractivity contribution in [2.45, 2.75) is 4.90 Å². The molecule has 0 bridgehead atoms. The molecule has 4 aromatic heterocycles. The van der Waals surface area contributed by atoms with E-state index in [9.17, 15) is 12.8 Å². The van der Waals surface area contributed by atoms with Crippen molar-refractivity contribution >= 4 is 38.2 Å². The van der Waals surface area contributed by atoms with E-state index in [2.05, 4.69) is 29.9 Å². The smallest absolute Gasteiger partial charge is 0.266 e. The van der Waals surface area contributed by atoms with Gasteiger partial charge in [0.2, 0.25) is 0 Å². The molecule has 0 spiro atoms. The van der Waals surface area contributed by atoms with Crippen molar-refractivity contribution in [3.05, 3.63) is 90.5 Å². The Labute approximate surface area is 198 Å². The number of nitrogens with zero attached hydrogens (tertiary/aromatic N) is 5. The van der Waals surface area contributed by atoms with Gasteiger partial charge in [-0.05, 0) is 48.0 Å². The fourth-order valence-electron chi connectivity index (χ4n) is 3.32. The molecule has 0 aliphatic carbocycles. The molecule has 5 rings (SSSR count). The van der Waals surface area contributed by atoms with Gasteiger partial charge in [0, 0.05) is 41.3 Å². The summed E-state index contributed by atoms with van der Waals surface area (Å²) >= 11 is 6.13. The second kappa shape index (κ2) is 8.73. The van der Waals surface area contributed by atoms with Gasteiger partial charge in [0.05, 0.1) is 23.1 Å². The first kappa shape index (κ1) is 21.8. The Balaban J connectivity index is 1.52. The van der Waals surface area contributed by atoms with Crippen molar-refractivity contribution in [1.82, 2.24) is 25.1 Å². The highest BCUT2D eigenvalue weighted by molar-refractivity contribution is 7.92. The van der Waals surface area contributed by atoms with Crippen molar-refractivity contribution in [3.8, 4) is 22.4 Å². The van der Waals surface area contributed by atoms with E-state index in [0.717, 1.165) is 35.0 Å². The monoisotopic (exact) mass is 492 g/mol. The minimum absolute atomic E-state index is 0.00594. The average molecular weight is 493 g/mol. The van der Waals surface area contributed by atoms with Crippen LogP contribution in [0.3, 0.4) is 0 Å². The molecule has 0 saturated carbocycles. The zero-order valence-electron chi connectivity index (χ0n) is 17.2.